The van der Waals surface area contributed by atoms with E-state index in [1.807, 2.05) is 11.3 Å². The van der Waals surface area contributed by atoms with Crippen molar-refractivity contribution in [2.24, 2.45) is 0 Å². The van der Waals surface area contributed by atoms with Crippen LogP contribution in [0.2, 0.25) is 0 Å². The molecule has 3 rings (SSSR count). The van der Waals surface area contributed by atoms with Crippen LogP contribution >= 0.6 is 11.3 Å². The van der Waals surface area contributed by atoms with E-state index in [1.54, 1.807) is 0 Å². The first-order valence-corrected chi connectivity index (χ1v) is 7.88. The van der Waals surface area contributed by atoms with Gasteiger partial charge < -0.3 is 5.32 Å². The Labute approximate surface area is 124 Å². The molecule has 0 saturated carbocycles. The molecule has 1 nitrogen and oxygen atoms in total. The van der Waals surface area contributed by atoms with Crippen molar-refractivity contribution in [3.8, 4) is 0 Å². The number of benzene rings is 2. The predicted octanol–water partition coefficient (Wildman–Crippen LogP) is 4.79. The smallest absolute Gasteiger partial charge is 0.0415 e. The van der Waals surface area contributed by atoms with Crippen molar-refractivity contribution in [1.29, 1.82) is 0 Å². The molecular weight excluding hydrogens is 262 g/mol. The quantitative estimate of drug-likeness (QED) is 0.708. The second-order valence-electron chi connectivity index (χ2n) is 5.05. The van der Waals surface area contributed by atoms with Gasteiger partial charge in [-0.25, -0.2) is 0 Å². The second-order valence-corrected chi connectivity index (χ2v) is 6.17. The first kappa shape index (κ1) is 13.3. The van der Waals surface area contributed by atoms with Gasteiger partial charge in [0.25, 0.3) is 0 Å². The van der Waals surface area contributed by atoms with Crippen LogP contribution in [0.1, 0.15) is 22.9 Å². The summed E-state index contributed by atoms with van der Waals surface area (Å²) in [5.74, 6) is 0. The summed E-state index contributed by atoms with van der Waals surface area (Å²) in [5, 5.41) is 4.81. The third kappa shape index (κ3) is 2.92. The normalized spacial score (nSPS) is 12.7. The van der Waals surface area contributed by atoms with Crippen molar-refractivity contribution < 1.29 is 0 Å². The van der Waals surface area contributed by atoms with Crippen LogP contribution < -0.4 is 5.32 Å². The summed E-state index contributed by atoms with van der Waals surface area (Å²) in [7, 11) is 2.06. The largest absolute Gasteiger partial charge is 0.312 e. The lowest BCUT2D eigenvalue weighted by atomic mass is 10.0. The summed E-state index contributed by atoms with van der Waals surface area (Å²) in [5.41, 5.74) is 1.41. The molecule has 1 atom stereocenters. The van der Waals surface area contributed by atoms with Crippen molar-refractivity contribution in [3.63, 3.8) is 0 Å². The van der Waals surface area contributed by atoms with Crippen molar-refractivity contribution in [1.82, 2.24) is 5.32 Å². The number of thiophene rings is 1. The van der Waals surface area contributed by atoms with Crippen molar-refractivity contribution in [2.75, 3.05) is 7.05 Å². The lowest BCUT2D eigenvalue weighted by molar-refractivity contribution is 0.558. The van der Waals surface area contributed by atoms with Crippen molar-refractivity contribution >= 4 is 21.4 Å². The topological polar surface area (TPSA) is 12.0 Å². The highest BCUT2D eigenvalue weighted by Crippen LogP contribution is 2.31. The lowest BCUT2D eigenvalue weighted by Crippen LogP contribution is -2.15. The Bertz CT molecular complexity index is 639. The minimum absolute atomic E-state index is 0.438. The van der Waals surface area contributed by atoms with E-state index in [1.165, 1.54) is 20.5 Å². The third-order valence-electron chi connectivity index (χ3n) is 3.70. The molecule has 0 fully saturated rings. The van der Waals surface area contributed by atoms with Crippen LogP contribution in [-0.2, 0) is 6.42 Å². The van der Waals surface area contributed by atoms with E-state index < -0.39 is 0 Å². The highest BCUT2D eigenvalue weighted by molar-refractivity contribution is 7.19. The summed E-state index contributed by atoms with van der Waals surface area (Å²) in [6.07, 6.45) is 2.24. The minimum atomic E-state index is 0.438. The Morgan fingerprint density at radius 3 is 2.50 bits per heavy atom. The molecule has 0 spiro atoms. The van der Waals surface area contributed by atoms with Crippen LogP contribution in [0.15, 0.2) is 60.7 Å². The zero-order valence-corrected chi connectivity index (χ0v) is 12.5. The first-order chi connectivity index (χ1) is 9.86. The first-order valence-electron chi connectivity index (χ1n) is 7.06. The molecule has 20 heavy (non-hydrogen) atoms. The summed E-state index contributed by atoms with van der Waals surface area (Å²) >= 11 is 1.90. The molecule has 3 aromatic rings. The van der Waals surface area contributed by atoms with Crippen molar-refractivity contribution in [3.05, 3.63) is 71.1 Å². The molecule has 2 aromatic carbocycles. The number of hydrogen-bond acceptors (Lipinski definition) is 2. The molecular formula is C18H19NS. The summed E-state index contributed by atoms with van der Waals surface area (Å²) < 4.78 is 1.38. The van der Waals surface area contributed by atoms with Crippen LogP contribution in [0.4, 0.5) is 0 Å². The standard InChI is InChI=1S/C18H19NS/c1-19-16(12-11-14-7-3-2-4-8-14)18-13-15-9-5-6-10-17(15)20-18/h2-10,13,16,19H,11-12H2,1H3. The molecule has 0 aliphatic heterocycles. The van der Waals surface area contributed by atoms with Crippen LogP contribution in [0, 0.1) is 0 Å². The van der Waals surface area contributed by atoms with E-state index in [4.69, 9.17) is 0 Å². The van der Waals surface area contributed by atoms with Gasteiger partial charge in [-0.15, -0.1) is 11.3 Å². The van der Waals surface area contributed by atoms with Gasteiger partial charge in [-0.05, 0) is 43.0 Å². The Kier molecular flexibility index (Phi) is 4.14. The maximum Gasteiger partial charge on any atom is 0.0415 e. The molecule has 0 aliphatic rings. The zero-order chi connectivity index (χ0) is 13.8. The van der Waals surface area contributed by atoms with Gasteiger partial charge >= 0.3 is 0 Å². The molecule has 0 radical (unpaired) electrons. The summed E-state index contributed by atoms with van der Waals surface area (Å²) in [6.45, 7) is 0. The Hall–Kier alpha value is -1.64. The van der Waals surface area contributed by atoms with Gasteiger partial charge in [-0.3, -0.25) is 0 Å². The molecule has 1 unspecified atom stereocenters. The average Bonchev–Trinajstić information content (AvgIpc) is 2.92. The van der Waals surface area contributed by atoms with Gasteiger partial charge in [0.15, 0.2) is 0 Å². The predicted molar refractivity (Wildman–Crippen MR) is 88.4 cm³/mol. The van der Waals surface area contributed by atoms with Crippen LogP contribution in [0.25, 0.3) is 10.1 Å². The van der Waals surface area contributed by atoms with Gasteiger partial charge in [0.2, 0.25) is 0 Å². The molecule has 1 aromatic heterocycles. The van der Waals surface area contributed by atoms with Crippen LogP contribution in [-0.4, -0.2) is 7.05 Å². The van der Waals surface area contributed by atoms with Gasteiger partial charge in [0.1, 0.15) is 0 Å². The van der Waals surface area contributed by atoms with E-state index in [0.717, 1.165) is 12.8 Å². The highest BCUT2D eigenvalue weighted by Gasteiger charge is 2.12. The second kappa shape index (κ2) is 6.21. The zero-order valence-electron chi connectivity index (χ0n) is 11.7. The minimum Gasteiger partial charge on any atom is -0.312 e. The van der Waals surface area contributed by atoms with E-state index in [9.17, 15) is 0 Å². The number of aryl methyl sites for hydroxylation is 1. The van der Waals surface area contributed by atoms with Gasteiger partial charge in [-0.2, -0.15) is 0 Å². The van der Waals surface area contributed by atoms with Gasteiger partial charge in [0.05, 0.1) is 0 Å². The third-order valence-corrected chi connectivity index (χ3v) is 4.93. The lowest BCUT2D eigenvalue weighted by Gasteiger charge is -2.14. The van der Waals surface area contributed by atoms with E-state index >= 15 is 0 Å². The highest BCUT2D eigenvalue weighted by atomic mass is 32.1. The molecule has 1 heterocycles. The maximum atomic E-state index is 3.46. The maximum absolute atomic E-state index is 3.46. The monoisotopic (exact) mass is 281 g/mol. The van der Waals surface area contributed by atoms with Crippen LogP contribution in [0.3, 0.4) is 0 Å². The molecule has 0 aliphatic carbocycles. The summed E-state index contributed by atoms with van der Waals surface area (Å²) in [6, 6.07) is 22.1. The number of rotatable bonds is 5. The number of hydrogen-bond donors (Lipinski definition) is 1. The van der Waals surface area contributed by atoms with E-state index in [2.05, 4.69) is 73.0 Å². The molecule has 1 N–H and O–H groups in total. The van der Waals surface area contributed by atoms with Gasteiger partial charge in [0, 0.05) is 15.6 Å². The Balaban J connectivity index is 1.75. The van der Waals surface area contributed by atoms with Gasteiger partial charge in [-0.1, -0.05) is 48.5 Å². The SMILES string of the molecule is CNC(CCc1ccccc1)c1cc2ccccc2s1. The van der Waals surface area contributed by atoms with E-state index in [-0.39, 0.29) is 0 Å². The number of nitrogens with one attached hydrogen (secondary N) is 1. The van der Waals surface area contributed by atoms with Crippen LogP contribution in [0.5, 0.6) is 0 Å². The average molecular weight is 281 g/mol. The summed E-state index contributed by atoms with van der Waals surface area (Å²) in [4.78, 5) is 1.43. The fourth-order valence-corrected chi connectivity index (χ4v) is 3.77. The molecule has 0 saturated heterocycles. The molecule has 0 bridgehead atoms. The molecule has 102 valence electrons. The van der Waals surface area contributed by atoms with Crippen molar-refractivity contribution in [2.45, 2.75) is 18.9 Å². The Morgan fingerprint density at radius 2 is 1.75 bits per heavy atom. The molecule has 2 heteroatoms. The Morgan fingerprint density at radius 1 is 1.00 bits per heavy atom. The fraction of sp³-hybridized carbons (Fsp3) is 0.222. The fourth-order valence-electron chi connectivity index (χ4n) is 2.56. The van der Waals surface area contributed by atoms with E-state index in [0.29, 0.717) is 6.04 Å². The number of fused-ring (bicyclic) bond motifs is 1. The molecule has 0 amide bonds.